The van der Waals surface area contributed by atoms with Crippen molar-refractivity contribution >= 4 is 39.8 Å². The van der Waals surface area contributed by atoms with Gasteiger partial charge in [0, 0.05) is 17.1 Å². The zero-order valence-electron chi connectivity index (χ0n) is 20.7. The Bertz CT molecular complexity index is 1230. The third-order valence-electron chi connectivity index (χ3n) is 6.37. The summed E-state index contributed by atoms with van der Waals surface area (Å²) in [4.78, 5) is 17.1. The Morgan fingerprint density at radius 3 is 2.59 bits per heavy atom. The molecule has 0 spiro atoms. The second kappa shape index (κ2) is 10.1. The molecule has 0 saturated carbocycles. The topological polar surface area (TPSA) is 73.8 Å². The van der Waals surface area contributed by atoms with Gasteiger partial charge in [0.15, 0.2) is 5.84 Å². The lowest BCUT2D eigenvalue weighted by Gasteiger charge is -2.20. The van der Waals surface area contributed by atoms with Crippen molar-refractivity contribution in [2.24, 2.45) is 10.1 Å². The molecule has 178 valence electrons. The maximum Gasteiger partial charge on any atom is 0.283 e. The van der Waals surface area contributed by atoms with Gasteiger partial charge in [0.2, 0.25) is 5.17 Å². The number of rotatable bonds is 8. The maximum atomic E-state index is 12.9. The van der Waals surface area contributed by atoms with E-state index in [4.69, 9.17) is 5.41 Å². The number of amidine groups is 2. The number of unbranched alkanes of at least 4 members (excludes halogenated alkanes) is 4. The van der Waals surface area contributed by atoms with Crippen molar-refractivity contribution in [3.05, 3.63) is 57.9 Å². The van der Waals surface area contributed by atoms with Crippen molar-refractivity contribution in [1.29, 1.82) is 5.41 Å². The molecule has 1 aromatic heterocycles. The molecule has 0 atom stereocenters. The number of benzene rings is 1. The molecular weight excluding hydrogens is 442 g/mol. The second-order valence-corrected chi connectivity index (χ2v) is 10.2. The van der Waals surface area contributed by atoms with Crippen molar-refractivity contribution in [3.63, 3.8) is 0 Å². The predicted molar refractivity (Wildman–Crippen MR) is 143 cm³/mol. The number of aromatic nitrogens is 1. The highest BCUT2D eigenvalue weighted by Gasteiger charge is 2.35. The fraction of sp³-hybridized carbons (Fsp3) is 0.407. The average Bonchev–Trinajstić information content (AvgIpc) is 3.32. The first-order chi connectivity index (χ1) is 16.3. The van der Waals surface area contributed by atoms with Gasteiger partial charge in [-0.15, -0.1) is 0 Å². The second-order valence-electron chi connectivity index (χ2n) is 9.13. The van der Waals surface area contributed by atoms with Crippen LogP contribution in [0.5, 0.6) is 0 Å². The lowest BCUT2D eigenvalue weighted by atomic mass is 10.1. The van der Waals surface area contributed by atoms with Gasteiger partial charge in [0.25, 0.3) is 5.91 Å². The first-order valence-electron chi connectivity index (χ1n) is 12.1. The van der Waals surface area contributed by atoms with E-state index in [2.05, 4.69) is 66.6 Å². The number of hydrazone groups is 1. The van der Waals surface area contributed by atoms with Crippen molar-refractivity contribution in [2.45, 2.75) is 73.1 Å². The van der Waals surface area contributed by atoms with E-state index in [1.54, 1.807) is 6.08 Å². The van der Waals surface area contributed by atoms with E-state index in [-0.39, 0.29) is 17.3 Å². The van der Waals surface area contributed by atoms with Crippen LogP contribution in [-0.2, 0) is 4.79 Å². The van der Waals surface area contributed by atoms with E-state index in [0.29, 0.717) is 5.17 Å². The van der Waals surface area contributed by atoms with Crippen LogP contribution in [0.3, 0.4) is 0 Å². The Morgan fingerprint density at radius 2 is 1.82 bits per heavy atom. The Morgan fingerprint density at radius 1 is 1.06 bits per heavy atom. The zero-order valence-corrected chi connectivity index (χ0v) is 21.6. The number of fused-ring (bicyclic) bond motifs is 1. The Balaban J connectivity index is 1.59. The Kier molecular flexibility index (Phi) is 7.22. The molecule has 0 aliphatic carbocycles. The van der Waals surface area contributed by atoms with Crippen molar-refractivity contribution in [3.8, 4) is 5.69 Å². The van der Waals surface area contributed by atoms with Gasteiger partial charge in [0.05, 0.1) is 5.57 Å². The highest BCUT2D eigenvalue weighted by Crippen LogP contribution is 2.31. The van der Waals surface area contributed by atoms with Crippen LogP contribution in [0.25, 0.3) is 11.8 Å². The number of aliphatic imine (C=N–C) groups is 1. The highest BCUT2D eigenvalue weighted by molar-refractivity contribution is 8.26. The SMILES string of the molecule is CCCCCCCC1=NN2C(=N)C(=Cc3cc(C)n(-c4cc(C)ccc4C)c3C)C(=O)N=C2S1. The molecule has 2 aliphatic heterocycles. The van der Waals surface area contributed by atoms with E-state index in [0.717, 1.165) is 40.5 Å². The van der Waals surface area contributed by atoms with E-state index in [1.807, 2.05) is 6.92 Å². The van der Waals surface area contributed by atoms with Gasteiger partial charge in [-0.3, -0.25) is 10.2 Å². The molecule has 2 aliphatic rings. The summed E-state index contributed by atoms with van der Waals surface area (Å²) in [5.41, 5.74) is 6.82. The summed E-state index contributed by atoms with van der Waals surface area (Å²) in [6, 6.07) is 8.48. The molecule has 0 saturated heterocycles. The fourth-order valence-corrected chi connectivity index (χ4v) is 5.36. The van der Waals surface area contributed by atoms with Gasteiger partial charge in [-0.1, -0.05) is 44.7 Å². The molecule has 2 aromatic rings. The standard InChI is InChI=1S/C27H33N5OS/c1-6-7-8-9-10-11-24-30-32-25(28)22(26(33)29-27(32)34-24)16-21-15-19(4)31(20(21)5)23-14-17(2)12-13-18(23)3/h12-16,28H,6-11H2,1-5H3. The molecule has 7 heteroatoms. The summed E-state index contributed by atoms with van der Waals surface area (Å²) in [5, 5.41) is 16.3. The van der Waals surface area contributed by atoms with Crippen LogP contribution in [0, 0.1) is 33.1 Å². The molecule has 34 heavy (non-hydrogen) atoms. The Hall–Kier alpha value is -2.93. The Labute approximate surface area is 206 Å². The van der Waals surface area contributed by atoms with Gasteiger partial charge < -0.3 is 4.57 Å². The largest absolute Gasteiger partial charge is 0.318 e. The number of hydrogen-bond donors (Lipinski definition) is 1. The molecular formula is C27H33N5OS. The molecule has 0 unspecified atom stereocenters. The lowest BCUT2D eigenvalue weighted by molar-refractivity contribution is -0.114. The summed E-state index contributed by atoms with van der Waals surface area (Å²) in [7, 11) is 0. The number of amides is 1. The quantitative estimate of drug-likeness (QED) is 0.341. The van der Waals surface area contributed by atoms with E-state index in [9.17, 15) is 4.79 Å². The van der Waals surface area contributed by atoms with Crippen LogP contribution in [0.2, 0.25) is 0 Å². The molecule has 0 fully saturated rings. The van der Waals surface area contributed by atoms with Gasteiger partial charge in [0.1, 0.15) is 5.04 Å². The number of aryl methyl sites for hydroxylation is 3. The van der Waals surface area contributed by atoms with Gasteiger partial charge in [-0.25, -0.2) is 0 Å². The number of hydrogen-bond acceptors (Lipinski definition) is 4. The molecule has 1 aromatic carbocycles. The number of thioether (sulfide) groups is 1. The third kappa shape index (κ3) is 4.80. The van der Waals surface area contributed by atoms with Crippen LogP contribution in [0.1, 0.15) is 73.5 Å². The summed E-state index contributed by atoms with van der Waals surface area (Å²) in [6.45, 7) is 10.5. The minimum Gasteiger partial charge on any atom is -0.318 e. The van der Waals surface area contributed by atoms with Gasteiger partial charge in [-0.05, 0) is 87.2 Å². The molecule has 1 N–H and O–H groups in total. The van der Waals surface area contributed by atoms with E-state index < -0.39 is 0 Å². The van der Waals surface area contributed by atoms with Crippen molar-refractivity contribution in [2.75, 3.05) is 0 Å². The molecule has 6 nitrogen and oxygen atoms in total. The monoisotopic (exact) mass is 475 g/mol. The van der Waals surface area contributed by atoms with Crippen LogP contribution >= 0.6 is 11.8 Å². The smallest absolute Gasteiger partial charge is 0.283 e. The minimum absolute atomic E-state index is 0.0972. The first kappa shape index (κ1) is 24.2. The molecule has 1 amide bonds. The molecule has 4 rings (SSSR count). The summed E-state index contributed by atoms with van der Waals surface area (Å²) >= 11 is 1.42. The van der Waals surface area contributed by atoms with E-state index in [1.165, 1.54) is 53.6 Å². The first-order valence-corrected chi connectivity index (χ1v) is 12.9. The van der Waals surface area contributed by atoms with Crippen LogP contribution < -0.4 is 0 Å². The highest BCUT2D eigenvalue weighted by atomic mass is 32.2. The average molecular weight is 476 g/mol. The number of carbonyl (C=O) groups is 1. The third-order valence-corrected chi connectivity index (χ3v) is 7.33. The maximum absolute atomic E-state index is 12.9. The summed E-state index contributed by atoms with van der Waals surface area (Å²) in [6.07, 6.45) is 8.62. The minimum atomic E-state index is -0.375. The molecule has 3 heterocycles. The van der Waals surface area contributed by atoms with Gasteiger partial charge in [-0.2, -0.15) is 15.1 Å². The van der Waals surface area contributed by atoms with Crippen molar-refractivity contribution in [1.82, 2.24) is 9.58 Å². The molecule has 0 bridgehead atoms. The number of nitrogens with zero attached hydrogens (tertiary/aromatic N) is 4. The number of nitrogens with one attached hydrogen (secondary N) is 1. The zero-order chi connectivity index (χ0) is 24.4. The number of carbonyl (C=O) groups excluding carboxylic acids is 1. The van der Waals surface area contributed by atoms with Crippen LogP contribution in [-0.4, -0.2) is 31.5 Å². The lowest BCUT2D eigenvalue weighted by Crippen LogP contribution is -2.35. The fourth-order valence-electron chi connectivity index (χ4n) is 4.43. The van der Waals surface area contributed by atoms with E-state index >= 15 is 0 Å². The summed E-state index contributed by atoms with van der Waals surface area (Å²) in [5.74, 6) is -0.278. The van der Waals surface area contributed by atoms with Crippen LogP contribution in [0.15, 0.2) is 39.9 Å². The molecule has 0 radical (unpaired) electrons. The van der Waals surface area contributed by atoms with Crippen molar-refractivity contribution < 1.29 is 4.79 Å². The van der Waals surface area contributed by atoms with Gasteiger partial charge >= 0.3 is 0 Å². The summed E-state index contributed by atoms with van der Waals surface area (Å²) < 4.78 is 2.21. The normalized spacial score (nSPS) is 16.9. The van der Waals surface area contributed by atoms with Crippen LogP contribution in [0.4, 0.5) is 0 Å². The predicted octanol–water partition coefficient (Wildman–Crippen LogP) is 6.69.